The van der Waals surface area contributed by atoms with Crippen molar-refractivity contribution < 1.29 is 22.7 Å². The highest BCUT2D eigenvalue weighted by Crippen LogP contribution is 2.24. The average Bonchev–Trinajstić information content (AvgIpc) is 3.41. The van der Waals surface area contributed by atoms with Gasteiger partial charge in [0.05, 0.1) is 29.3 Å². The smallest absolute Gasteiger partial charge is 0.350 e. The van der Waals surface area contributed by atoms with E-state index in [9.17, 15) is 18.0 Å². The molecular weight excluding hydrogens is 423 g/mol. The van der Waals surface area contributed by atoms with Gasteiger partial charge in [-0.25, -0.2) is 9.36 Å². The van der Waals surface area contributed by atoms with Gasteiger partial charge in [-0.2, -0.15) is 23.4 Å². The summed E-state index contributed by atoms with van der Waals surface area (Å²) in [4.78, 5) is 13.0. The summed E-state index contributed by atoms with van der Waals surface area (Å²) in [7, 11) is 0. The fraction of sp³-hybridized carbons (Fsp3) is 0.136. The van der Waals surface area contributed by atoms with Crippen LogP contribution in [0.3, 0.4) is 0 Å². The largest absolute Gasteiger partial charge is 0.411 e. The molecule has 0 atom stereocenters. The number of rotatable bonds is 7. The lowest BCUT2D eigenvalue weighted by Gasteiger charge is -2.07. The molecule has 0 aliphatic heterocycles. The molecule has 0 unspecified atom stereocenters. The predicted molar refractivity (Wildman–Crippen MR) is 111 cm³/mol. The van der Waals surface area contributed by atoms with E-state index in [0.717, 1.165) is 15.9 Å². The van der Waals surface area contributed by atoms with Gasteiger partial charge in [0.25, 0.3) is 5.91 Å². The molecule has 2 heterocycles. The Labute approximate surface area is 181 Å². The van der Waals surface area contributed by atoms with Gasteiger partial charge in [0.2, 0.25) is 0 Å². The number of anilines is 1. The second-order valence-electron chi connectivity index (χ2n) is 6.85. The van der Waals surface area contributed by atoms with E-state index in [4.69, 9.17) is 0 Å². The molecule has 0 saturated carbocycles. The lowest BCUT2D eigenvalue weighted by molar-refractivity contribution is -0.182. The molecule has 0 radical (unpaired) electrons. The van der Waals surface area contributed by atoms with E-state index < -0.39 is 25.4 Å². The monoisotopic (exact) mass is 441 g/mol. The van der Waals surface area contributed by atoms with E-state index in [2.05, 4.69) is 20.3 Å². The summed E-state index contributed by atoms with van der Waals surface area (Å²) in [5.41, 5.74) is 2.70. The van der Waals surface area contributed by atoms with Crippen molar-refractivity contribution in [2.45, 2.75) is 12.9 Å². The van der Waals surface area contributed by atoms with Crippen LogP contribution in [0.15, 0.2) is 79.3 Å². The maximum atomic E-state index is 13.0. The normalized spacial score (nSPS) is 11.5. The minimum absolute atomic E-state index is 0.317. The van der Waals surface area contributed by atoms with Crippen molar-refractivity contribution in [3.05, 3.63) is 84.8 Å². The predicted octanol–water partition coefficient (Wildman–Crippen LogP) is 4.52. The number of halogens is 3. The number of hydrogen-bond donors (Lipinski definition) is 1. The van der Waals surface area contributed by atoms with Gasteiger partial charge >= 0.3 is 6.18 Å². The zero-order valence-electron chi connectivity index (χ0n) is 16.7. The molecule has 164 valence electrons. The number of benzene rings is 2. The summed E-state index contributed by atoms with van der Waals surface area (Å²) in [6, 6.07) is 18.6. The fourth-order valence-electron chi connectivity index (χ4n) is 3.01. The highest BCUT2D eigenvalue weighted by molar-refractivity contribution is 6.08. The van der Waals surface area contributed by atoms with Crippen LogP contribution in [0.4, 0.5) is 18.9 Å². The zero-order chi connectivity index (χ0) is 22.6. The Balaban J connectivity index is 1.55. The summed E-state index contributed by atoms with van der Waals surface area (Å²) >= 11 is 0. The highest BCUT2D eigenvalue weighted by atomic mass is 19.4. The van der Waals surface area contributed by atoms with E-state index in [1.165, 1.54) is 12.4 Å². The number of carbonyl (C=O) groups excluding carboxylic acids is 1. The zero-order valence-corrected chi connectivity index (χ0v) is 16.7. The molecule has 4 rings (SSSR count). The van der Waals surface area contributed by atoms with Crippen LogP contribution >= 0.6 is 0 Å². The Morgan fingerprint density at radius 2 is 1.69 bits per heavy atom. The first-order valence-corrected chi connectivity index (χ1v) is 9.58. The first-order valence-electron chi connectivity index (χ1n) is 9.58. The maximum absolute atomic E-state index is 13.0. The van der Waals surface area contributed by atoms with Crippen LogP contribution in [0.2, 0.25) is 0 Å². The van der Waals surface area contributed by atoms with Crippen LogP contribution in [0.5, 0.6) is 0 Å². The Morgan fingerprint density at radius 1 is 1.00 bits per heavy atom. The molecule has 7 nitrogen and oxygen atoms in total. The Kier molecular flexibility index (Phi) is 6.04. The third-order valence-corrected chi connectivity index (χ3v) is 4.41. The third-order valence-electron chi connectivity index (χ3n) is 4.41. The molecule has 2 aromatic carbocycles. The molecule has 10 heteroatoms. The van der Waals surface area contributed by atoms with Gasteiger partial charge in [-0.1, -0.05) is 48.5 Å². The van der Waals surface area contributed by atoms with Crippen molar-refractivity contribution in [3.63, 3.8) is 0 Å². The second-order valence-corrected chi connectivity index (χ2v) is 6.85. The minimum atomic E-state index is -4.42. The average molecular weight is 441 g/mol. The van der Waals surface area contributed by atoms with Crippen molar-refractivity contribution in [2.24, 2.45) is 0 Å². The Morgan fingerprint density at radius 3 is 2.38 bits per heavy atom. The standard InChI is InChI=1S/C22H18F3N5O2/c23-22(24,25)14-32-15-29-12-17(11-26-29)27-21(31)19-13-30(18-9-5-2-6-10-18)28-20(19)16-7-3-1-4-8-16/h1-13H,14-15H2,(H,27,31). The highest BCUT2D eigenvalue weighted by Gasteiger charge is 2.27. The second kappa shape index (κ2) is 9.06. The van der Waals surface area contributed by atoms with Gasteiger partial charge in [-0.05, 0) is 12.1 Å². The van der Waals surface area contributed by atoms with Crippen molar-refractivity contribution in [2.75, 3.05) is 11.9 Å². The quantitative estimate of drug-likeness (QED) is 0.458. The number of carbonyl (C=O) groups is 1. The van der Waals surface area contributed by atoms with Crippen LogP contribution in [0, 0.1) is 0 Å². The molecule has 0 fully saturated rings. The van der Waals surface area contributed by atoms with E-state index in [1.54, 1.807) is 10.9 Å². The summed E-state index contributed by atoms with van der Waals surface area (Å²) in [6.07, 6.45) is -0.0719. The SMILES string of the molecule is O=C(Nc1cnn(COCC(F)(F)F)c1)c1cn(-c2ccccc2)nc1-c1ccccc1. The molecule has 0 aliphatic carbocycles. The van der Waals surface area contributed by atoms with Gasteiger partial charge in [0.1, 0.15) is 19.0 Å². The van der Waals surface area contributed by atoms with Gasteiger partial charge in [-0.3, -0.25) is 4.79 Å². The van der Waals surface area contributed by atoms with Crippen LogP contribution < -0.4 is 5.32 Å². The fourth-order valence-corrected chi connectivity index (χ4v) is 3.01. The van der Waals surface area contributed by atoms with Crippen molar-refractivity contribution >= 4 is 11.6 Å². The number of alkyl halides is 3. The number of nitrogens with zero attached hydrogens (tertiary/aromatic N) is 4. The van der Waals surface area contributed by atoms with Crippen molar-refractivity contribution in [3.8, 4) is 16.9 Å². The van der Waals surface area contributed by atoms with E-state index in [0.29, 0.717) is 16.9 Å². The van der Waals surface area contributed by atoms with Gasteiger partial charge < -0.3 is 10.1 Å². The molecule has 1 amide bonds. The Hall–Kier alpha value is -3.92. The molecule has 0 aliphatic rings. The van der Waals surface area contributed by atoms with E-state index in [1.807, 2.05) is 60.7 Å². The summed E-state index contributed by atoms with van der Waals surface area (Å²) in [5.74, 6) is -0.429. The topological polar surface area (TPSA) is 74.0 Å². The van der Waals surface area contributed by atoms with Crippen LogP contribution in [0.25, 0.3) is 16.9 Å². The van der Waals surface area contributed by atoms with Crippen molar-refractivity contribution in [1.29, 1.82) is 0 Å². The molecular formula is C22H18F3N5O2. The van der Waals surface area contributed by atoms with Gasteiger partial charge in [-0.15, -0.1) is 0 Å². The number of hydrogen-bond acceptors (Lipinski definition) is 4. The van der Waals surface area contributed by atoms with Gasteiger partial charge in [0.15, 0.2) is 0 Å². The minimum Gasteiger partial charge on any atom is -0.350 e. The van der Waals surface area contributed by atoms with Crippen LogP contribution in [-0.4, -0.2) is 38.3 Å². The third kappa shape index (κ3) is 5.22. The summed E-state index contributed by atoms with van der Waals surface area (Å²) < 4.78 is 44.0. The first kappa shape index (κ1) is 21.3. The summed E-state index contributed by atoms with van der Waals surface area (Å²) in [6.45, 7) is -1.77. The van der Waals surface area contributed by atoms with Gasteiger partial charge in [0, 0.05) is 11.8 Å². The lowest BCUT2D eigenvalue weighted by atomic mass is 10.1. The van der Waals surface area contributed by atoms with Crippen LogP contribution in [0.1, 0.15) is 10.4 Å². The molecule has 0 spiro atoms. The summed E-state index contributed by atoms with van der Waals surface area (Å²) in [5, 5.41) is 11.2. The van der Waals surface area contributed by atoms with E-state index >= 15 is 0 Å². The number of ether oxygens (including phenoxy) is 1. The molecule has 2 aromatic heterocycles. The van der Waals surface area contributed by atoms with E-state index in [-0.39, 0.29) is 0 Å². The molecule has 1 N–H and O–H groups in total. The molecule has 4 aromatic rings. The number of aromatic nitrogens is 4. The molecule has 32 heavy (non-hydrogen) atoms. The number of amides is 1. The molecule has 0 saturated heterocycles. The molecule has 0 bridgehead atoms. The first-order chi connectivity index (χ1) is 15.4. The van der Waals surface area contributed by atoms with Crippen molar-refractivity contribution in [1.82, 2.24) is 19.6 Å². The number of nitrogens with one attached hydrogen (secondary N) is 1. The number of para-hydroxylation sites is 1. The Bertz CT molecular complexity index is 1190. The lowest BCUT2D eigenvalue weighted by Crippen LogP contribution is -2.18. The van der Waals surface area contributed by atoms with Crippen LogP contribution in [-0.2, 0) is 11.5 Å². The maximum Gasteiger partial charge on any atom is 0.411 e.